The van der Waals surface area contributed by atoms with Crippen LogP contribution in [0.1, 0.15) is 97.3 Å². The Kier molecular flexibility index (Phi) is 36.0. The van der Waals surface area contributed by atoms with E-state index in [2.05, 4.69) is 53.2 Å². The molecule has 35 heteroatoms. The van der Waals surface area contributed by atoms with E-state index < -0.39 is 221 Å². The third-order valence-corrected chi connectivity index (χ3v) is 11.7. The Bertz CT molecular complexity index is 2240. The highest BCUT2D eigenvalue weighted by Gasteiger charge is 2.35. The zero-order valence-electron chi connectivity index (χ0n) is 44.8. The monoisotopic (exact) mass is 1180 g/mol. The molecule has 0 radical (unpaired) electrons. The summed E-state index contributed by atoms with van der Waals surface area (Å²) in [6, 6.07) is -12.6. The fourth-order valence-corrected chi connectivity index (χ4v) is 7.41. The number of amides is 11. The number of nitrogens with one attached hydrogen (secondary N) is 10. The molecule has 0 aliphatic carbocycles. The molecule has 0 aromatic carbocycles. The van der Waals surface area contributed by atoms with Crippen molar-refractivity contribution in [2.24, 2.45) is 11.5 Å². The van der Waals surface area contributed by atoms with Crippen molar-refractivity contribution in [3.63, 3.8) is 0 Å². The SMILES string of the molecule is CSC[C@H](NC(C)=O)C(=O)N[C@@H](C)C(=O)NCC(=O)NCCOCC(=O)N[C@H](CCC(=O)O)C(=O)N[C@H](CCC(=O)O)C(=O)N[C@H](CCC(=O)O)C(=O)N[C@H](CCC(=O)O)C(=O)N[C@H](CCC(=O)O)C(=O)N[C@H](CCCCN)C(N)=O. The van der Waals surface area contributed by atoms with Gasteiger partial charge in [-0.15, -0.1) is 0 Å². The Morgan fingerprint density at radius 3 is 1.17 bits per heavy atom. The van der Waals surface area contributed by atoms with Gasteiger partial charge in [0.25, 0.3) is 0 Å². The van der Waals surface area contributed by atoms with Crippen molar-refractivity contribution in [3.8, 4) is 0 Å². The van der Waals surface area contributed by atoms with E-state index in [0.29, 0.717) is 12.8 Å². The van der Waals surface area contributed by atoms with E-state index in [-0.39, 0.29) is 31.9 Å². The lowest BCUT2D eigenvalue weighted by Crippen LogP contribution is -2.59. The number of carboxylic acids is 5. The van der Waals surface area contributed by atoms with Crippen molar-refractivity contribution < 1.29 is 107 Å². The van der Waals surface area contributed by atoms with Crippen molar-refractivity contribution in [2.75, 3.05) is 44.9 Å². The molecule has 0 aliphatic rings. The highest BCUT2D eigenvalue weighted by Crippen LogP contribution is 2.10. The van der Waals surface area contributed by atoms with Gasteiger partial charge in [-0.25, -0.2) is 0 Å². The van der Waals surface area contributed by atoms with Gasteiger partial charge in [-0.2, -0.15) is 11.8 Å². The summed E-state index contributed by atoms with van der Waals surface area (Å²) in [5, 5.41) is 69.7. The van der Waals surface area contributed by atoms with Gasteiger partial charge in [0.1, 0.15) is 54.9 Å². The molecule has 0 fully saturated rings. The van der Waals surface area contributed by atoms with Crippen LogP contribution in [-0.2, 0) is 81.4 Å². The Morgan fingerprint density at radius 2 is 0.827 bits per heavy atom. The molecule has 19 N–H and O–H groups in total. The van der Waals surface area contributed by atoms with Crippen molar-refractivity contribution in [1.82, 2.24) is 53.2 Å². The second-order valence-corrected chi connectivity index (χ2v) is 18.7. The van der Waals surface area contributed by atoms with Gasteiger partial charge in [0.05, 0.1) is 13.2 Å². The number of carbonyl (C=O) groups is 16. The van der Waals surface area contributed by atoms with E-state index in [1.165, 1.54) is 25.6 Å². The number of carbonyl (C=O) groups excluding carboxylic acids is 11. The summed E-state index contributed by atoms with van der Waals surface area (Å²) < 4.78 is 5.21. The fourth-order valence-electron chi connectivity index (χ4n) is 6.84. The Labute approximate surface area is 467 Å². The van der Waals surface area contributed by atoms with Crippen molar-refractivity contribution in [1.29, 1.82) is 0 Å². The average Bonchev–Trinajstić information content (AvgIpc) is 3.39. The minimum atomic E-state index is -1.96. The number of primary amides is 1. The number of carboxylic acid groups (broad SMARTS) is 5. The molecule has 11 amide bonds. The normalized spacial score (nSPS) is 13.7. The smallest absolute Gasteiger partial charge is 0.303 e. The second kappa shape index (κ2) is 40.0. The summed E-state index contributed by atoms with van der Waals surface area (Å²) in [6.45, 7) is 0.905. The van der Waals surface area contributed by atoms with Crippen LogP contribution in [0.4, 0.5) is 0 Å². The molecule has 456 valence electrons. The van der Waals surface area contributed by atoms with Crippen LogP contribution in [0.25, 0.3) is 0 Å². The van der Waals surface area contributed by atoms with Crippen molar-refractivity contribution in [2.45, 2.75) is 146 Å². The number of nitrogens with two attached hydrogens (primary N) is 2. The number of aliphatic carboxylic acids is 5. The summed E-state index contributed by atoms with van der Waals surface area (Å²) in [5.74, 6) is -18.1. The first-order valence-electron chi connectivity index (χ1n) is 25.1. The molecule has 0 saturated carbocycles. The highest BCUT2D eigenvalue weighted by molar-refractivity contribution is 7.98. The van der Waals surface area contributed by atoms with Gasteiger partial charge in [0.2, 0.25) is 65.0 Å². The van der Waals surface area contributed by atoms with E-state index in [1.54, 1.807) is 6.26 Å². The van der Waals surface area contributed by atoms with Gasteiger partial charge < -0.3 is 94.9 Å². The van der Waals surface area contributed by atoms with Crippen molar-refractivity contribution >= 4 is 107 Å². The fraction of sp³-hybridized carbons (Fsp3) is 0.652. The molecule has 0 heterocycles. The van der Waals surface area contributed by atoms with E-state index in [9.17, 15) is 102 Å². The zero-order chi connectivity index (χ0) is 61.8. The van der Waals surface area contributed by atoms with Crippen LogP contribution >= 0.6 is 11.8 Å². The molecule has 0 bridgehead atoms. The summed E-state index contributed by atoms with van der Waals surface area (Å²) in [6.07, 6.45) is -4.98. The van der Waals surface area contributed by atoms with E-state index in [1.807, 2.05) is 0 Å². The molecular weight excluding hydrogens is 1100 g/mol. The molecular formula is C46H74N12O22S. The molecule has 0 aliphatic heterocycles. The quantitative estimate of drug-likeness (QED) is 0.0252. The molecule has 8 atom stereocenters. The average molecular weight is 1180 g/mol. The maximum atomic E-state index is 13.8. The van der Waals surface area contributed by atoms with Gasteiger partial charge in [-0.05, 0) is 71.1 Å². The van der Waals surface area contributed by atoms with E-state index in [4.69, 9.17) is 16.2 Å². The van der Waals surface area contributed by atoms with Gasteiger partial charge in [-0.3, -0.25) is 76.7 Å². The van der Waals surface area contributed by atoms with Gasteiger partial charge in [0.15, 0.2) is 0 Å². The third kappa shape index (κ3) is 33.7. The minimum Gasteiger partial charge on any atom is -0.481 e. The molecule has 34 nitrogen and oxygen atoms in total. The maximum Gasteiger partial charge on any atom is 0.303 e. The lowest BCUT2D eigenvalue weighted by atomic mass is 10.0. The van der Waals surface area contributed by atoms with Crippen LogP contribution in [0.2, 0.25) is 0 Å². The predicted octanol–water partition coefficient (Wildman–Crippen LogP) is -6.55. The first kappa shape index (κ1) is 72.8. The number of hydrogen-bond donors (Lipinski definition) is 17. The van der Waals surface area contributed by atoms with Crippen LogP contribution in [0.5, 0.6) is 0 Å². The number of rotatable bonds is 44. The molecule has 0 spiro atoms. The van der Waals surface area contributed by atoms with Gasteiger partial charge in [-0.1, -0.05) is 0 Å². The summed E-state index contributed by atoms with van der Waals surface area (Å²) >= 11 is 1.28. The Morgan fingerprint density at radius 1 is 0.457 bits per heavy atom. The van der Waals surface area contributed by atoms with Gasteiger partial charge >= 0.3 is 29.8 Å². The topological polar surface area (TPSA) is 556 Å². The lowest BCUT2D eigenvalue weighted by Gasteiger charge is -2.27. The molecule has 0 saturated heterocycles. The first-order valence-corrected chi connectivity index (χ1v) is 26.5. The number of ether oxygens (including phenoxy) is 1. The standard InChI is InChI=1S/C46H74N12O22S/c1-23(51-46(79)31(22-81-3)52-24(2)59)40(73)50-20-32(60)49-18-19-80-21-33(61)53-26(7-12-34(62)63)41(74)55-28(9-14-36(66)67)43(76)57-30(11-16-38(70)71)45(78)58-29(10-15-37(68)69)44(77)56-27(8-13-35(64)65)42(75)54-25(39(48)72)6-4-5-17-47/h23,25-31H,4-22,47H2,1-3H3,(H2,48,72)(H,49,60)(H,50,73)(H,51,79)(H,52,59)(H,53,61)(H,54,75)(H,55,74)(H,56,77)(H,57,76)(H,58,78)(H,62,63)(H,64,65)(H,66,67)(H,68,69)(H,70,71)/t23-,25+,26+,27+,28+,29+,30+,31-/m0/s1. The van der Waals surface area contributed by atoms with Gasteiger partial charge in [0, 0.05) is 51.3 Å². The first-order chi connectivity index (χ1) is 38.0. The number of thioether (sulfide) groups is 1. The minimum absolute atomic E-state index is 0.00668. The van der Waals surface area contributed by atoms with Crippen LogP contribution in [0.3, 0.4) is 0 Å². The zero-order valence-corrected chi connectivity index (χ0v) is 45.6. The van der Waals surface area contributed by atoms with Crippen LogP contribution < -0.4 is 64.6 Å². The Balaban J connectivity index is 6.18. The van der Waals surface area contributed by atoms with E-state index in [0.717, 1.165) is 0 Å². The number of unbranched alkanes of at least 4 members (excludes halogenated alkanes) is 1. The molecule has 0 unspecified atom stereocenters. The summed E-state index contributed by atoms with van der Waals surface area (Å²) in [4.78, 5) is 200. The highest BCUT2D eigenvalue weighted by atomic mass is 32.2. The lowest BCUT2D eigenvalue weighted by molar-refractivity contribution is -0.141. The molecule has 81 heavy (non-hydrogen) atoms. The number of hydrogen-bond acceptors (Lipinski definition) is 19. The van der Waals surface area contributed by atoms with Crippen molar-refractivity contribution in [3.05, 3.63) is 0 Å². The molecule has 0 aromatic rings. The van der Waals surface area contributed by atoms with E-state index >= 15 is 0 Å². The van der Waals surface area contributed by atoms with Crippen LogP contribution in [0, 0.1) is 0 Å². The summed E-state index contributed by atoms with van der Waals surface area (Å²) in [5.41, 5.74) is 10.9. The van der Waals surface area contributed by atoms with Crippen LogP contribution in [-0.4, -0.2) is 214 Å². The largest absolute Gasteiger partial charge is 0.481 e. The van der Waals surface area contributed by atoms with Crippen LogP contribution in [0.15, 0.2) is 0 Å². The molecule has 0 rings (SSSR count). The third-order valence-electron chi connectivity index (χ3n) is 11.0. The summed E-state index contributed by atoms with van der Waals surface area (Å²) in [7, 11) is 0. The second-order valence-electron chi connectivity index (χ2n) is 17.8. The molecule has 0 aromatic heterocycles. The predicted molar refractivity (Wildman–Crippen MR) is 278 cm³/mol. The Hall–Kier alpha value is -8.21. The maximum absolute atomic E-state index is 13.8.